The lowest BCUT2D eigenvalue weighted by molar-refractivity contribution is -0.400. The van der Waals surface area contributed by atoms with E-state index >= 15 is 0 Å². The second-order valence-corrected chi connectivity index (χ2v) is 4.05. The van der Waals surface area contributed by atoms with Crippen molar-refractivity contribution in [1.29, 1.82) is 0 Å². The lowest BCUT2D eigenvalue weighted by Crippen LogP contribution is -1.81. The van der Waals surface area contributed by atoms with Gasteiger partial charge < -0.3 is 0 Å². The zero-order valence-electron chi connectivity index (χ0n) is 5.23. The summed E-state index contributed by atoms with van der Waals surface area (Å²) in [6, 6.07) is 0. The topological polar surface area (TPSA) is 56.0 Å². The average Bonchev–Trinajstić information content (AvgIpc) is 2.31. The maximum absolute atomic E-state index is 9.86. The summed E-state index contributed by atoms with van der Waals surface area (Å²) in [5, 5.41) is 10.5. The van der Waals surface area contributed by atoms with E-state index in [1.807, 2.05) is 0 Å². The molecule has 0 N–H and O–H groups in total. The maximum atomic E-state index is 9.86. The Labute approximate surface area is 74.9 Å². The van der Waals surface area contributed by atoms with E-state index in [-0.39, 0.29) is 0 Å². The molecule has 0 aliphatic rings. The van der Waals surface area contributed by atoms with Gasteiger partial charge in [-0.25, -0.2) is 4.98 Å². The molecule has 0 radical (unpaired) electrons. The Hall–Kier alpha value is -0.750. The van der Waals surface area contributed by atoms with Crippen LogP contribution in [0.15, 0.2) is 16.2 Å². The van der Waals surface area contributed by atoms with Crippen LogP contribution in [-0.2, 0) is 0 Å². The summed E-state index contributed by atoms with van der Waals surface area (Å²) in [5.41, 5.74) is 0. The first-order valence-corrected chi connectivity index (χ1v) is 4.22. The van der Waals surface area contributed by atoms with E-state index < -0.39 is 4.92 Å². The van der Waals surface area contributed by atoms with Crippen LogP contribution in [0.3, 0.4) is 0 Å². The number of rotatable bonds is 2. The molecule has 0 saturated heterocycles. The Morgan fingerprint density at radius 2 is 2.55 bits per heavy atom. The van der Waals surface area contributed by atoms with Crippen LogP contribution < -0.4 is 0 Å². The van der Waals surface area contributed by atoms with E-state index in [0.717, 1.165) is 9.99 Å². The van der Waals surface area contributed by atoms with E-state index in [9.17, 15) is 10.1 Å². The van der Waals surface area contributed by atoms with E-state index in [1.165, 1.54) is 17.4 Å². The highest BCUT2D eigenvalue weighted by Crippen LogP contribution is 2.19. The predicted molar refractivity (Wildman–Crippen MR) is 45.8 cm³/mol. The fourth-order valence-corrected chi connectivity index (χ4v) is 1.61. The third kappa shape index (κ3) is 2.77. The van der Waals surface area contributed by atoms with E-state index in [2.05, 4.69) is 20.9 Å². The third-order valence-corrected chi connectivity index (χ3v) is 2.28. The standard InChI is InChI=1S/C5H3BrN2O2S/c6-4-3-7-5(11-4)1-2-8(9)10/h1-3H/b2-1+. The lowest BCUT2D eigenvalue weighted by atomic mass is 10.6. The highest BCUT2D eigenvalue weighted by molar-refractivity contribution is 9.11. The molecule has 0 aliphatic carbocycles. The van der Waals surface area contributed by atoms with Crippen LogP contribution in [-0.4, -0.2) is 9.91 Å². The molecule has 1 rings (SSSR count). The molecule has 0 spiro atoms. The molecule has 1 aromatic heterocycles. The Morgan fingerprint density at radius 1 is 1.82 bits per heavy atom. The van der Waals surface area contributed by atoms with Crippen molar-refractivity contribution in [1.82, 2.24) is 4.98 Å². The van der Waals surface area contributed by atoms with Gasteiger partial charge in [-0.05, 0) is 15.9 Å². The number of nitrogens with zero attached hydrogens (tertiary/aromatic N) is 2. The first-order chi connectivity index (χ1) is 5.18. The number of hydrogen-bond acceptors (Lipinski definition) is 4. The van der Waals surface area contributed by atoms with Gasteiger partial charge in [0.25, 0.3) is 0 Å². The van der Waals surface area contributed by atoms with Gasteiger partial charge in [0.05, 0.1) is 14.9 Å². The molecule has 0 unspecified atom stereocenters. The number of halogens is 1. The molecule has 6 heteroatoms. The van der Waals surface area contributed by atoms with Crippen molar-refractivity contribution in [2.24, 2.45) is 0 Å². The molecule has 11 heavy (non-hydrogen) atoms. The quantitative estimate of drug-likeness (QED) is 0.582. The maximum Gasteiger partial charge on any atom is 0.237 e. The first kappa shape index (κ1) is 8.35. The number of aromatic nitrogens is 1. The van der Waals surface area contributed by atoms with Gasteiger partial charge in [-0.15, -0.1) is 11.3 Å². The summed E-state index contributed by atoms with van der Waals surface area (Å²) in [5.74, 6) is 0. The third-order valence-electron chi connectivity index (χ3n) is 0.834. The van der Waals surface area contributed by atoms with Crippen molar-refractivity contribution < 1.29 is 4.92 Å². The zero-order valence-corrected chi connectivity index (χ0v) is 7.63. The van der Waals surface area contributed by atoms with Crippen LogP contribution in [0.2, 0.25) is 0 Å². The fraction of sp³-hybridized carbons (Fsp3) is 0. The van der Waals surface area contributed by atoms with Crippen molar-refractivity contribution in [3.05, 3.63) is 31.3 Å². The zero-order chi connectivity index (χ0) is 8.27. The summed E-state index contributed by atoms with van der Waals surface area (Å²) in [7, 11) is 0. The van der Waals surface area contributed by atoms with Gasteiger partial charge in [0.2, 0.25) is 6.20 Å². The first-order valence-electron chi connectivity index (χ1n) is 2.61. The molecule has 0 bridgehead atoms. The molecular weight excluding hydrogens is 232 g/mol. The van der Waals surface area contributed by atoms with Gasteiger partial charge in [-0.1, -0.05) is 0 Å². The summed E-state index contributed by atoms with van der Waals surface area (Å²) >= 11 is 4.54. The lowest BCUT2D eigenvalue weighted by Gasteiger charge is -1.76. The Balaban J connectivity index is 2.71. The molecule has 0 saturated carbocycles. The summed E-state index contributed by atoms with van der Waals surface area (Å²) in [6.45, 7) is 0. The molecule has 0 atom stereocenters. The molecule has 1 aromatic rings. The Bertz CT molecular complexity index is 296. The number of thiazole rings is 1. The highest BCUT2D eigenvalue weighted by atomic mass is 79.9. The normalized spacial score (nSPS) is 10.6. The second kappa shape index (κ2) is 3.59. The minimum absolute atomic E-state index is 0.519. The van der Waals surface area contributed by atoms with E-state index in [0.29, 0.717) is 5.01 Å². The van der Waals surface area contributed by atoms with Crippen LogP contribution in [0.25, 0.3) is 6.08 Å². The average molecular weight is 235 g/mol. The van der Waals surface area contributed by atoms with Crippen LogP contribution in [0.5, 0.6) is 0 Å². The molecule has 0 amide bonds. The molecule has 0 aliphatic heterocycles. The summed E-state index contributed by atoms with van der Waals surface area (Å²) in [4.78, 5) is 13.2. The van der Waals surface area contributed by atoms with Crippen molar-refractivity contribution in [2.45, 2.75) is 0 Å². The minimum atomic E-state index is -0.519. The van der Waals surface area contributed by atoms with Crippen LogP contribution in [0, 0.1) is 10.1 Å². The molecule has 0 aromatic carbocycles. The SMILES string of the molecule is O=[N+]([O-])/C=C/c1ncc(Br)s1. The highest BCUT2D eigenvalue weighted by Gasteiger charge is 1.95. The van der Waals surface area contributed by atoms with Gasteiger partial charge >= 0.3 is 0 Å². The van der Waals surface area contributed by atoms with Crippen LogP contribution >= 0.6 is 27.3 Å². The molecule has 1 heterocycles. The summed E-state index contributed by atoms with van der Waals surface area (Å²) in [6.07, 6.45) is 3.82. The largest absolute Gasteiger partial charge is 0.259 e. The fourth-order valence-electron chi connectivity index (χ4n) is 0.469. The van der Waals surface area contributed by atoms with Crippen molar-refractivity contribution in [3.8, 4) is 0 Å². The van der Waals surface area contributed by atoms with Gasteiger partial charge in [0.15, 0.2) is 0 Å². The van der Waals surface area contributed by atoms with Gasteiger partial charge in [-0.2, -0.15) is 0 Å². The van der Waals surface area contributed by atoms with Gasteiger partial charge in [0, 0.05) is 6.08 Å². The van der Waals surface area contributed by atoms with Crippen LogP contribution in [0.4, 0.5) is 0 Å². The minimum Gasteiger partial charge on any atom is -0.259 e. The van der Waals surface area contributed by atoms with Gasteiger partial charge in [0.1, 0.15) is 5.01 Å². The van der Waals surface area contributed by atoms with Crippen molar-refractivity contribution in [2.75, 3.05) is 0 Å². The molecular formula is C5H3BrN2O2S. The van der Waals surface area contributed by atoms with E-state index in [1.54, 1.807) is 6.20 Å². The monoisotopic (exact) mass is 234 g/mol. The van der Waals surface area contributed by atoms with Crippen LogP contribution in [0.1, 0.15) is 5.01 Å². The molecule has 4 nitrogen and oxygen atoms in total. The Morgan fingerprint density at radius 3 is 3.00 bits per heavy atom. The van der Waals surface area contributed by atoms with Crippen molar-refractivity contribution >= 4 is 33.3 Å². The second-order valence-electron chi connectivity index (χ2n) is 1.60. The Kier molecular flexibility index (Phi) is 2.72. The predicted octanol–water partition coefficient (Wildman–Crippen LogP) is 2.15. The summed E-state index contributed by atoms with van der Waals surface area (Å²) < 4.78 is 0.862. The molecule has 58 valence electrons. The van der Waals surface area contributed by atoms with E-state index in [4.69, 9.17) is 0 Å². The smallest absolute Gasteiger partial charge is 0.237 e. The number of nitro groups is 1. The number of hydrogen-bond donors (Lipinski definition) is 0. The van der Waals surface area contributed by atoms with Gasteiger partial charge in [-0.3, -0.25) is 10.1 Å². The van der Waals surface area contributed by atoms with Crippen molar-refractivity contribution in [3.63, 3.8) is 0 Å². The molecule has 0 fully saturated rings.